The highest BCUT2D eigenvalue weighted by Crippen LogP contribution is 2.33. The van der Waals surface area contributed by atoms with Gasteiger partial charge in [-0.15, -0.1) is 0 Å². The van der Waals surface area contributed by atoms with Gasteiger partial charge in [-0.2, -0.15) is 0 Å². The Hall–Kier alpha value is -1.18. The molecule has 0 aliphatic carbocycles. The topological polar surface area (TPSA) is 9.23 Å². The molecule has 0 spiro atoms. The molecule has 0 atom stereocenters. The first-order valence-electron chi connectivity index (χ1n) is 6.20. The first kappa shape index (κ1) is 14.2. The lowest BCUT2D eigenvalue weighted by Crippen LogP contribution is -2.05. The van der Waals surface area contributed by atoms with Gasteiger partial charge in [0.1, 0.15) is 5.75 Å². The smallest absolute Gasteiger partial charge is 0.138 e. The SMILES string of the molecule is Cc1ccc(Cl)cc1-c1ccc(OC(C)C)c(Cl)c1. The van der Waals surface area contributed by atoms with E-state index in [-0.39, 0.29) is 6.10 Å². The van der Waals surface area contributed by atoms with E-state index in [1.165, 1.54) is 0 Å². The summed E-state index contributed by atoms with van der Waals surface area (Å²) in [6, 6.07) is 11.7. The highest BCUT2D eigenvalue weighted by molar-refractivity contribution is 6.32. The molecule has 100 valence electrons. The van der Waals surface area contributed by atoms with Gasteiger partial charge in [0.2, 0.25) is 0 Å². The van der Waals surface area contributed by atoms with E-state index in [1.807, 2.05) is 50.2 Å². The molecule has 0 aliphatic rings. The Morgan fingerprint density at radius 3 is 2.37 bits per heavy atom. The van der Waals surface area contributed by atoms with Crippen molar-refractivity contribution < 1.29 is 4.74 Å². The molecule has 19 heavy (non-hydrogen) atoms. The lowest BCUT2D eigenvalue weighted by Gasteiger charge is -2.13. The molecule has 0 saturated carbocycles. The number of hydrogen-bond acceptors (Lipinski definition) is 1. The Kier molecular flexibility index (Phi) is 4.38. The van der Waals surface area contributed by atoms with Gasteiger partial charge in [-0.3, -0.25) is 0 Å². The highest BCUT2D eigenvalue weighted by atomic mass is 35.5. The van der Waals surface area contributed by atoms with Crippen LogP contribution < -0.4 is 4.74 Å². The van der Waals surface area contributed by atoms with Gasteiger partial charge in [-0.1, -0.05) is 35.3 Å². The fraction of sp³-hybridized carbons (Fsp3) is 0.250. The third-order valence-electron chi connectivity index (χ3n) is 2.81. The maximum atomic E-state index is 6.26. The zero-order valence-corrected chi connectivity index (χ0v) is 12.7. The maximum Gasteiger partial charge on any atom is 0.138 e. The van der Waals surface area contributed by atoms with Crippen LogP contribution in [0.5, 0.6) is 5.75 Å². The minimum Gasteiger partial charge on any atom is -0.489 e. The molecule has 0 N–H and O–H groups in total. The third-order valence-corrected chi connectivity index (χ3v) is 3.34. The van der Waals surface area contributed by atoms with Crippen LogP contribution in [0, 0.1) is 6.92 Å². The number of benzene rings is 2. The van der Waals surface area contributed by atoms with Gasteiger partial charge in [0.05, 0.1) is 11.1 Å². The average molecular weight is 295 g/mol. The molecular weight excluding hydrogens is 279 g/mol. The second-order valence-corrected chi connectivity index (χ2v) is 5.61. The quantitative estimate of drug-likeness (QED) is 0.700. The number of halogens is 2. The standard InChI is InChI=1S/C16H16Cl2O/c1-10(2)19-16-7-5-12(8-15(16)18)14-9-13(17)6-4-11(14)3/h4-10H,1-3H3. The molecule has 2 rings (SSSR count). The van der Waals surface area contributed by atoms with Crippen molar-refractivity contribution in [1.29, 1.82) is 0 Å². The van der Waals surface area contributed by atoms with Crippen LogP contribution in [0.4, 0.5) is 0 Å². The first-order valence-corrected chi connectivity index (χ1v) is 6.95. The van der Waals surface area contributed by atoms with Crippen LogP contribution in [0.25, 0.3) is 11.1 Å². The molecule has 0 aromatic heterocycles. The van der Waals surface area contributed by atoms with E-state index in [1.54, 1.807) is 0 Å². The van der Waals surface area contributed by atoms with Crippen molar-refractivity contribution >= 4 is 23.2 Å². The fourth-order valence-corrected chi connectivity index (χ4v) is 2.32. The second-order valence-electron chi connectivity index (χ2n) is 4.77. The van der Waals surface area contributed by atoms with Gasteiger partial charge in [0, 0.05) is 5.02 Å². The van der Waals surface area contributed by atoms with Crippen molar-refractivity contribution in [3.63, 3.8) is 0 Å². The van der Waals surface area contributed by atoms with Crippen molar-refractivity contribution in [3.8, 4) is 16.9 Å². The molecule has 0 aliphatic heterocycles. The Bertz CT molecular complexity index is 591. The molecule has 2 aromatic rings. The zero-order valence-electron chi connectivity index (χ0n) is 11.2. The third kappa shape index (κ3) is 3.43. The minimum absolute atomic E-state index is 0.108. The van der Waals surface area contributed by atoms with Crippen LogP contribution in [0.3, 0.4) is 0 Å². The molecule has 0 saturated heterocycles. The predicted octanol–water partition coefficient (Wildman–Crippen LogP) is 5.76. The minimum atomic E-state index is 0.108. The van der Waals surface area contributed by atoms with Crippen molar-refractivity contribution in [3.05, 3.63) is 52.0 Å². The zero-order chi connectivity index (χ0) is 14.0. The molecule has 1 nitrogen and oxygen atoms in total. The molecule has 0 heterocycles. The fourth-order valence-electron chi connectivity index (χ4n) is 1.92. The molecular formula is C16H16Cl2O. The van der Waals surface area contributed by atoms with Gasteiger partial charge in [-0.25, -0.2) is 0 Å². The highest BCUT2D eigenvalue weighted by Gasteiger charge is 2.08. The van der Waals surface area contributed by atoms with E-state index in [4.69, 9.17) is 27.9 Å². The summed E-state index contributed by atoms with van der Waals surface area (Å²) in [5.41, 5.74) is 3.30. The molecule has 2 aromatic carbocycles. The summed E-state index contributed by atoms with van der Waals surface area (Å²) >= 11 is 12.3. The maximum absolute atomic E-state index is 6.26. The van der Waals surface area contributed by atoms with Crippen molar-refractivity contribution in [2.24, 2.45) is 0 Å². The molecule has 0 fully saturated rings. The number of hydrogen-bond donors (Lipinski definition) is 0. The Balaban J connectivity index is 2.41. The van der Waals surface area contributed by atoms with Gasteiger partial charge >= 0.3 is 0 Å². The predicted molar refractivity (Wildman–Crippen MR) is 82.4 cm³/mol. The van der Waals surface area contributed by atoms with Crippen LogP contribution in [0.15, 0.2) is 36.4 Å². The summed E-state index contributed by atoms with van der Waals surface area (Å²) in [6.45, 7) is 6.01. The molecule has 3 heteroatoms. The number of ether oxygens (including phenoxy) is 1. The van der Waals surface area contributed by atoms with E-state index in [0.29, 0.717) is 10.8 Å². The summed E-state index contributed by atoms with van der Waals surface area (Å²) in [6.07, 6.45) is 0.108. The average Bonchev–Trinajstić information content (AvgIpc) is 2.34. The van der Waals surface area contributed by atoms with Gasteiger partial charge in [0.25, 0.3) is 0 Å². The van der Waals surface area contributed by atoms with Crippen molar-refractivity contribution in [2.45, 2.75) is 26.9 Å². The first-order chi connectivity index (χ1) is 8.97. The Morgan fingerprint density at radius 1 is 1.00 bits per heavy atom. The second kappa shape index (κ2) is 5.85. The lowest BCUT2D eigenvalue weighted by molar-refractivity contribution is 0.242. The van der Waals surface area contributed by atoms with Crippen LogP contribution in [-0.2, 0) is 0 Å². The summed E-state index contributed by atoms with van der Waals surface area (Å²) in [5.74, 6) is 0.708. The van der Waals surface area contributed by atoms with Crippen LogP contribution in [0.1, 0.15) is 19.4 Å². The summed E-state index contributed by atoms with van der Waals surface area (Å²) in [7, 11) is 0. The molecule has 0 unspecified atom stereocenters. The number of aryl methyl sites for hydroxylation is 1. The molecule has 0 bridgehead atoms. The normalized spacial score (nSPS) is 10.8. The van der Waals surface area contributed by atoms with E-state index in [0.717, 1.165) is 21.7 Å². The van der Waals surface area contributed by atoms with Crippen LogP contribution >= 0.6 is 23.2 Å². The van der Waals surface area contributed by atoms with Crippen LogP contribution in [-0.4, -0.2) is 6.10 Å². The summed E-state index contributed by atoms with van der Waals surface area (Å²) in [5, 5.41) is 1.34. The Labute approximate surface area is 124 Å². The summed E-state index contributed by atoms with van der Waals surface area (Å²) in [4.78, 5) is 0. The summed E-state index contributed by atoms with van der Waals surface area (Å²) < 4.78 is 5.63. The lowest BCUT2D eigenvalue weighted by atomic mass is 10.0. The van der Waals surface area contributed by atoms with E-state index < -0.39 is 0 Å². The van der Waals surface area contributed by atoms with Gasteiger partial charge in [0.15, 0.2) is 0 Å². The molecule has 0 radical (unpaired) electrons. The monoisotopic (exact) mass is 294 g/mol. The number of rotatable bonds is 3. The largest absolute Gasteiger partial charge is 0.489 e. The van der Waals surface area contributed by atoms with Crippen molar-refractivity contribution in [1.82, 2.24) is 0 Å². The molecule has 0 amide bonds. The van der Waals surface area contributed by atoms with E-state index >= 15 is 0 Å². The van der Waals surface area contributed by atoms with Gasteiger partial charge in [-0.05, 0) is 61.7 Å². The van der Waals surface area contributed by atoms with E-state index in [9.17, 15) is 0 Å². The van der Waals surface area contributed by atoms with Crippen molar-refractivity contribution in [2.75, 3.05) is 0 Å². The Morgan fingerprint density at radius 2 is 1.74 bits per heavy atom. The van der Waals surface area contributed by atoms with Gasteiger partial charge < -0.3 is 4.74 Å². The van der Waals surface area contributed by atoms with Crippen LogP contribution in [0.2, 0.25) is 10.0 Å². The van der Waals surface area contributed by atoms with E-state index in [2.05, 4.69) is 6.92 Å².